The van der Waals surface area contributed by atoms with E-state index in [2.05, 4.69) is 42.2 Å². The molecule has 0 saturated heterocycles. The third kappa shape index (κ3) is 2.09. The van der Waals surface area contributed by atoms with Crippen LogP contribution in [0.4, 0.5) is 0 Å². The molecule has 2 rings (SSSR count). The van der Waals surface area contributed by atoms with Crippen molar-refractivity contribution < 1.29 is 0 Å². The normalized spacial score (nSPS) is 10.4. The van der Waals surface area contributed by atoms with E-state index in [-0.39, 0.29) is 0 Å². The van der Waals surface area contributed by atoms with Crippen LogP contribution in [0.15, 0.2) is 30.3 Å². The van der Waals surface area contributed by atoms with Crippen molar-refractivity contribution in [2.24, 2.45) is 5.73 Å². The van der Waals surface area contributed by atoms with Crippen molar-refractivity contribution in [2.75, 3.05) is 0 Å². The van der Waals surface area contributed by atoms with Crippen LogP contribution in [0.25, 0.3) is 11.3 Å². The summed E-state index contributed by atoms with van der Waals surface area (Å²) in [5.74, 6) is 0. The van der Waals surface area contributed by atoms with Gasteiger partial charge in [-0.05, 0) is 43.2 Å². The van der Waals surface area contributed by atoms with E-state index in [9.17, 15) is 0 Å². The van der Waals surface area contributed by atoms with E-state index in [1.54, 1.807) is 0 Å². The number of benzene rings is 1. The van der Waals surface area contributed by atoms with Crippen molar-refractivity contribution >= 4 is 0 Å². The Bertz CT molecular complexity index is 489. The minimum Gasteiger partial charge on any atom is -0.325 e. The molecular formula is C13H15N3. The number of nitrogens with two attached hydrogens (primary N) is 1. The summed E-state index contributed by atoms with van der Waals surface area (Å²) in [6.07, 6.45) is 0. The lowest BCUT2D eigenvalue weighted by Gasteiger charge is -2.04. The van der Waals surface area contributed by atoms with E-state index in [1.165, 1.54) is 11.1 Å². The lowest BCUT2D eigenvalue weighted by atomic mass is 10.0. The van der Waals surface area contributed by atoms with Crippen LogP contribution in [-0.4, -0.2) is 10.2 Å². The molecule has 0 amide bonds. The number of hydrogen-bond donors (Lipinski definition) is 1. The Morgan fingerprint density at radius 2 is 1.81 bits per heavy atom. The minimum absolute atomic E-state index is 0.431. The van der Waals surface area contributed by atoms with Gasteiger partial charge in [-0.1, -0.05) is 12.1 Å². The zero-order valence-electron chi connectivity index (χ0n) is 9.57. The van der Waals surface area contributed by atoms with Crippen molar-refractivity contribution in [1.29, 1.82) is 0 Å². The van der Waals surface area contributed by atoms with E-state index in [0.717, 1.165) is 17.0 Å². The molecule has 2 N–H and O–H groups in total. The molecule has 0 saturated carbocycles. The summed E-state index contributed by atoms with van der Waals surface area (Å²) in [7, 11) is 0. The first-order valence-electron chi connectivity index (χ1n) is 5.31. The molecule has 2 aromatic rings. The maximum atomic E-state index is 5.48. The molecule has 0 aliphatic heterocycles. The molecule has 3 nitrogen and oxygen atoms in total. The van der Waals surface area contributed by atoms with Gasteiger partial charge in [0.1, 0.15) is 0 Å². The quantitative estimate of drug-likeness (QED) is 0.832. The Kier molecular flexibility index (Phi) is 2.97. The second kappa shape index (κ2) is 4.41. The predicted molar refractivity (Wildman–Crippen MR) is 64.8 cm³/mol. The highest BCUT2D eigenvalue weighted by Crippen LogP contribution is 2.19. The molecule has 0 unspecified atom stereocenters. The number of rotatable bonds is 2. The summed E-state index contributed by atoms with van der Waals surface area (Å²) in [6.45, 7) is 4.63. The van der Waals surface area contributed by atoms with E-state index in [1.807, 2.05) is 12.1 Å². The Labute approximate surface area is 95.3 Å². The van der Waals surface area contributed by atoms with E-state index >= 15 is 0 Å². The van der Waals surface area contributed by atoms with Crippen molar-refractivity contribution in [1.82, 2.24) is 10.2 Å². The van der Waals surface area contributed by atoms with Crippen molar-refractivity contribution in [3.8, 4) is 11.3 Å². The van der Waals surface area contributed by atoms with Gasteiger partial charge in [0, 0.05) is 12.1 Å². The molecule has 0 bridgehead atoms. The Hall–Kier alpha value is -1.74. The molecule has 0 atom stereocenters. The highest BCUT2D eigenvalue weighted by atomic mass is 15.1. The first-order chi connectivity index (χ1) is 7.70. The van der Waals surface area contributed by atoms with Gasteiger partial charge >= 0.3 is 0 Å². The van der Waals surface area contributed by atoms with Gasteiger partial charge in [-0.2, -0.15) is 10.2 Å². The second-order valence-corrected chi connectivity index (χ2v) is 3.91. The zero-order valence-corrected chi connectivity index (χ0v) is 9.57. The fourth-order valence-corrected chi connectivity index (χ4v) is 1.52. The first-order valence-corrected chi connectivity index (χ1v) is 5.31. The Morgan fingerprint density at radius 1 is 1.00 bits per heavy atom. The van der Waals surface area contributed by atoms with Gasteiger partial charge in [0.15, 0.2) is 0 Å². The number of nitrogens with zero attached hydrogens (tertiary/aromatic N) is 2. The number of aryl methyl sites for hydroxylation is 2. The minimum atomic E-state index is 0.431. The highest BCUT2D eigenvalue weighted by Gasteiger charge is 2.02. The van der Waals surface area contributed by atoms with E-state index < -0.39 is 0 Å². The molecule has 1 heterocycles. The molecule has 82 valence electrons. The number of hydrogen-bond acceptors (Lipinski definition) is 3. The van der Waals surface area contributed by atoms with Crippen molar-refractivity contribution in [3.63, 3.8) is 0 Å². The van der Waals surface area contributed by atoms with E-state index in [0.29, 0.717) is 6.54 Å². The van der Waals surface area contributed by atoms with Crippen LogP contribution >= 0.6 is 0 Å². The van der Waals surface area contributed by atoms with Gasteiger partial charge in [-0.25, -0.2) is 0 Å². The lowest BCUT2D eigenvalue weighted by molar-refractivity contribution is 0.902. The molecular weight excluding hydrogens is 198 g/mol. The van der Waals surface area contributed by atoms with Gasteiger partial charge in [0.2, 0.25) is 0 Å². The van der Waals surface area contributed by atoms with Crippen LogP contribution in [0.1, 0.15) is 16.8 Å². The van der Waals surface area contributed by atoms with Gasteiger partial charge < -0.3 is 5.73 Å². The summed E-state index contributed by atoms with van der Waals surface area (Å²) in [6, 6.07) is 10.2. The standard InChI is InChI=1S/C13H15N3/c1-9-3-4-11(7-10(9)2)13-6-5-12(8-14)15-16-13/h3-7H,8,14H2,1-2H3. The lowest BCUT2D eigenvalue weighted by Crippen LogP contribution is -2.01. The zero-order chi connectivity index (χ0) is 11.5. The molecule has 0 spiro atoms. The van der Waals surface area contributed by atoms with Crippen LogP contribution < -0.4 is 5.73 Å². The van der Waals surface area contributed by atoms with Crippen LogP contribution in [0.3, 0.4) is 0 Å². The fourth-order valence-electron chi connectivity index (χ4n) is 1.52. The van der Waals surface area contributed by atoms with Gasteiger partial charge in [-0.15, -0.1) is 0 Å². The largest absolute Gasteiger partial charge is 0.325 e. The van der Waals surface area contributed by atoms with Gasteiger partial charge in [0.05, 0.1) is 11.4 Å². The molecule has 1 aromatic heterocycles. The molecule has 0 fully saturated rings. The SMILES string of the molecule is Cc1ccc(-c2ccc(CN)nn2)cc1C. The summed E-state index contributed by atoms with van der Waals surface area (Å²) in [4.78, 5) is 0. The molecule has 1 aromatic carbocycles. The summed E-state index contributed by atoms with van der Waals surface area (Å²) in [5.41, 5.74) is 10.8. The molecule has 0 aliphatic carbocycles. The second-order valence-electron chi connectivity index (χ2n) is 3.91. The van der Waals surface area contributed by atoms with Crippen molar-refractivity contribution in [2.45, 2.75) is 20.4 Å². The summed E-state index contributed by atoms with van der Waals surface area (Å²) < 4.78 is 0. The summed E-state index contributed by atoms with van der Waals surface area (Å²) in [5, 5.41) is 8.21. The van der Waals surface area contributed by atoms with Crippen LogP contribution in [0.2, 0.25) is 0 Å². The van der Waals surface area contributed by atoms with Crippen LogP contribution in [0, 0.1) is 13.8 Å². The maximum absolute atomic E-state index is 5.48. The van der Waals surface area contributed by atoms with Gasteiger partial charge in [0.25, 0.3) is 0 Å². The topological polar surface area (TPSA) is 51.8 Å². The predicted octanol–water partition coefficient (Wildman–Crippen LogP) is 2.22. The molecule has 0 aliphatic rings. The van der Waals surface area contributed by atoms with Gasteiger partial charge in [-0.3, -0.25) is 0 Å². The Balaban J connectivity index is 2.38. The molecule has 3 heteroatoms. The summed E-state index contributed by atoms with van der Waals surface area (Å²) >= 11 is 0. The maximum Gasteiger partial charge on any atom is 0.0929 e. The number of aromatic nitrogens is 2. The third-order valence-corrected chi connectivity index (χ3v) is 2.73. The van der Waals surface area contributed by atoms with Crippen LogP contribution in [-0.2, 0) is 6.54 Å². The Morgan fingerprint density at radius 3 is 2.38 bits per heavy atom. The third-order valence-electron chi connectivity index (χ3n) is 2.73. The average Bonchev–Trinajstić information content (AvgIpc) is 2.33. The molecule has 0 radical (unpaired) electrons. The average molecular weight is 213 g/mol. The smallest absolute Gasteiger partial charge is 0.0929 e. The van der Waals surface area contributed by atoms with E-state index in [4.69, 9.17) is 5.73 Å². The first kappa shape index (κ1) is 10.8. The van der Waals surface area contributed by atoms with Crippen molar-refractivity contribution in [3.05, 3.63) is 47.2 Å². The monoisotopic (exact) mass is 213 g/mol. The van der Waals surface area contributed by atoms with Crippen LogP contribution in [0.5, 0.6) is 0 Å². The fraction of sp³-hybridized carbons (Fsp3) is 0.231. The molecule has 16 heavy (non-hydrogen) atoms. The highest BCUT2D eigenvalue weighted by molar-refractivity contribution is 5.60.